The van der Waals surface area contributed by atoms with Crippen LogP contribution in [0.2, 0.25) is 0 Å². The standard InChI is InChI=1S/C14H17N5O2/c1-15-12-6-4-3-5-11(12)14(21)18-10-7-17-19(8-10)9-13(20)16-2/h3-8,15H,9H2,1-2H3,(H,16,20)(H,18,21). The van der Waals surface area contributed by atoms with Gasteiger partial charge in [-0.05, 0) is 12.1 Å². The summed E-state index contributed by atoms with van der Waals surface area (Å²) >= 11 is 0. The minimum Gasteiger partial charge on any atom is -0.387 e. The minimum atomic E-state index is -0.237. The first-order chi connectivity index (χ1) is 10.1. The summed E-state index contributed by atoms with van der Waals surface area (Å²) in [5, 5.41) is 12.2. The van der Waals surface area contributed by atoms with Gasteiger partial charge in [-0.2, -0.15) is 5.10 Å². The van der Waals surface area contributed by atoms with Crippen molar-refractivity contribution in [1.82, 2.24) is 15.1 Å². The fraction of sp³-hybridized carbons (Fsp3) is 0.214. The summed E-state index contributed by atoms with van der Waals surface area (Å²) in [6.07, 6.45) is 3.11. The first kappa shape index (κ1) is 14.6. The van der Waals surface area contributed by atoms with Crippen LogP contribution < -0.4 is 16.0 Å². The predicted molar refractivity (Wildman–Crippen MR) is 80.2 cm³/mol. The Morgan fingerprint density at radius 1 is 1.24 bits per heavy atom. The van der Waals surface area contributed by atoms with E-state index in [0.29, 0.717) is 11.3 Å². The first-order valence-electron chi connectivity index (χ1n) is 6.45. The fourth-order valence-corrected chi connectivity index (χ4v) is 1.84. The number of benzene rings is 1. The molecule has 0 aliphatic heterocycles. The Labute approximate surface area is 122 Å². The Hall–Kier alpha value is -2.83. The van der Waals surface area contributed by atoms with E-state index in [9.17, 15) is 9.59 Å². The summed E-state index contributed by atoms with van der Waals surface area (Å²) in [7, 11) is 3.32. The number of nitrogens with one attached hydrogen (secondary N) is 3. The molecule has 0 aliphatic carbocycles. The second-order valence-corrected chi connectivity index (χ2v) is 4.35. The van der Waals surface area contributed by atoms with Crippen molar-refractivity contribution < 1.29 is 9.59 Å². The van der Waals surface area contributed by atoms with E-state index in [4.69, 9.17) is 0 Å². The molecule has 2 aromatic rings. The molecule has 2 rings (SSSR count). The molecule has 1 aromatic carbocycles. The number of para-hydroxylation sites is 1. The maximum absolute atomic E-state index is 12.2. The number of likely N-dealkylation sites (N-methyl/N-ethyl adjacent to an activating group) is 1. The highest BCUT2D eigenvalue weighted by Crippen LogP contribution is 2.16. The summed E-state index contributed by atoms with van der Waals surface area (Å²) in [5.41, 5.74) is 1.82. The van der Waals surface area contributed by atoms with Crippen molar-refractivity contribution in [2.75, 3.05) is 24.7 Å². The molecule has 2 amide bonds. The van der Waals surface area contributed by atoms with Crippen LogP contribution in [0, 0.1) is 0 Å². The summed E-state index contributed by atoms with van der Waals surface area (Å²) in [5.74, 6) is -0.393. The van der Waals surface area contributed by atoms with E-state index >= 15 is 0 Å². The van der Waals surface area contributed by atoms with Gasteiger partial charge < -0.3 is 16.0 Å². The van der Waals surface area contributed by atoms with E-state index in [1.165, 1.54) is 10.9 Å². The molecule has 0 saturated heterocycles. The van der Waals surface area contributed by atoms with Crippen molar-refractivity contribution in [3.63, 3.8) is 0 Å². The summed E-state index contributed by atoms with van der Waals surface area (Å²) < 4.78 is 1.46. The topological polar surface area (TPSA) is 88.0 Å². The van der Waals surface area contributed by atoms with E-state index in [-0.39, 0.29) is 18.4 Å². The van der Waals surface area contributed by atoms with Gasteiger partial charge >= 0.3 is 0 Å². The third-order valence-corrected chi connectivity index (χ3v) is 2.92. The number of rotatable bonds is 5. The van der Waals surface area contributed by atoms with Crippen LogP contribution in [0.25, 0.3) is 0 Å². The average molecular weight is 287 g/mol. The summed E-state index contributed by atoms with van der Waals surface area (Å²) in [6.45, 7) is 0.111. The van der Waals surface area contributed by atoms with Crippen LogP contribution in [0.1, 0.15) is 10.4 Å². The molecule has 1 aromatic heterocycles. The Morgan fingerprint density at radius 3 is 2.71 bits per heavy atom. The monoisotopic (exact) mass is 287 g/mol. The van der Waals surface area contributed by atoms with Gasteiger partial charge in [-0.25, -0.2) is 0 Å². The maximum atomic E-state index is 12.2. The van der Waals surface area contributed by atoms with Gasteiger partial charge in [-0.15, -0.1) is 0 Å². The number of amides is 2. The SMILES string of the molecule is CNC(=O)Cn1cc(NC(=O)c2ccccc2NC)cn1. The van der Waals surface area contributed by atoms with Crippen LogP contribution in [0.5, 0.6) is 0 Å². The zero-order valence-corrected chi connectivity index (χ0v) is 11.9. The van der Waals surface area contributed by atoms with E-state index in [1.807, 2.05) is 12.1 Å². The van der Waals surface area contributed by atoms with Gasteiger partial charge in [-0.1, -0.05) is 12.1 Å². The number of carbonyl (C=O) groups excluding carboxylic acids is 2. The van der Waals surface area contributed by atoms with Gasteiger partial charge in [0.25, 0.3) is 5.91 Å². The number of nitrogens with zero attached hydrogens (tertiary/aromatic N) is 2. The Morgan fingerprint density at radius 2 is 2.00 bits per heavy atom. The van der Waals surface area contributed by atoms with Gasteiger partial charge in [0.1, 0.15) is 6.54 Å². The zero-order valence-electron chi connectivity index (χ0n) is 11.9. The van der Waals surface area contributed by atoms with Crippen molar-refractivity contribution >= 4 is 23.2 Å². The van der Waals surface area contributed by atoms with E-state index in [1.54, 1.807) is 32.4 Å². The van der Waals surface area contributed by atoms with Gasteiger partial charge in [0.05, 0.1) is 17.4 Å². The molecule has 0 radical (unpaired) electrons. The zero-order chi connectivity index (χ0) is 15.2. The van der Waals surface area contributed by atoms with Crippen LogP contribution in [0.3, 0.4) is 0 Å². The van der Waals surface area contributed by atoms with Crippen molar-refractivity contribution in [3.05, 3.63) is 42.2 Å². The third-order valence-electron chi connectivity index (χ3n) is 2.92. The summed E-state index contributed by atoms with van der Waals surface area (Å²) in [4.78, 5) is 23.5. The third kappa shape index (κ3) is 3.59. The highest BCUT2D eigenvalue weighted by Gasteiger charge is 2.11. The van der Waals surface area contributed by atoms with Gasteiger partial charge in [-0.3, -0.25) is 14.3 Å². The average Bonchev–Trinajstić information content (AvgIpc) is 2.93. The first-order valence-corrected chi connectivity index (χ1v) is 6.45. The fourth-order valence-electron chi connectivity index (χ4n) is 1.84. The number of hydrogen-bond donors (Lipinski definition) is 3. The summed E-state index contributed by atoms with van der Waals surface area (Å²) in [6, 6.07) is 7.20. The Bertz CT molecular complexity index is 650. The quantitative estimate of drug-likeness (QED) is 0.763. The molecule has 0 spiro atoms. The normalized spacial score (nSPS) is 10.0. The molecule has 21 heavy (non-hydrogen) atoms. The van der Waals surface area contributed by atoms with Crippen LogP contribution in [0.4, 0.5) is 11.4 Å². The lowest BCUT2D eigenvalue weighted by molar-refractivity contribution is -0.121. The molecular weight excluding hydrogens is 270 g/mol. The van der Waals surface area contributed by atoms with Gasteiger partial charge in [0.2, 0.25) is 5.91 Å². The Balaban J connectivity index is 2.08. The molecule has 7 heteroatoms. The highest BCUT2D eigenvalue weighted by molar-refractivity contribution is 6.07. The molecule has 0 bridgehead atoms. The van der Waals surface area contributed by atoms with Crippen LogP contribution in [-0.4, -0.2) is 35.7 Å². The molecule has 0 unspecified atom stereocenters. The van der Waals surface area contributed by atoms with E-state index < -0.39 is 0 Å². The number of anilines is 2. The van der Waals surface area contributed by atoms with Crippen molar-refractivity contribution in [3.8, 4) is 0 Å². The lowest BCUT2D eigenvalue weighted by Gasteiger charge is -2.08. The Kier molecular flexibility index (Phi) is 4.55. The number of aromatic nitrogens is 2. The number of hydrogen-bond acceptors (Lipinski definition) is 4. The lowest BCUT2D eigenvalue weighted by atomic mass is 10.1. The maximum Gasteiger partial charge on any atom is 0.257 e. The van der Waals surface area contributed by atoms with Crippen molar-refractivity contribution in [2.24, 2.45) is 0 Å². The molecule has 0 saturated carbocycles. The smallest absolute Gasteiger partial charge is 0.257 e. The van der Waals surface area contributed by atoms with Gasteiger partial charge in [0, 0.05) is 26.0 Å². The molecule has 7 nitrogen and oxygen atoms in total. The molecular formula is C14H17N5O2. The second kappa shape index (κ2) is 6.56. The molecule has 0 aliphatic rings. The van der Waals surface area contributed by atoms with Crippen LogP contribution in [-0.2, 0) is 11.3 Å². The second-order valence-electron chi connectivity index (χ2n) is 4.35. The largest absolute Gasteiger partial charge is 0.387 e. The van der Waals surface area contributed by atoms with E-state index in [2.05, 4.69) is 21.0 Å². The molecule has 110 valence electrons. The van der Waals surface area contributed by atoms with Crippen molar-refractivity contribution in [2.45, 2.75) is 6.54 Å². The molecule has 0 atom stereocenters. The number of carbonyl (C=O) groups is 2. The van der Waals surface area contributed by atoms with Crippen LogP contribution >= 0.6 is 0 Å². The van der Waals surface area contributed by atoms with Crippen molar-refractivity contribution in [1.29, 1.82) is 0 Å². The van der Waals surface area contributed by atoms with Gasteiger partial charge in [0.15, 0.2) is 0 Å². The molecule has 1 heterocycles. The highest BCUT2D eigenvalue weighted by atomic mass is 16.2. The molecule has 3 N–H and O–H groups in total. The lowest BCUT2D eigenvalue weighted by Crippen LogP contribution is -2.23. The van der Waals surface area contributed by atoms with Crippen LogP contribution in [0.15, 0.2) is 36.7 Å². The molecule has 0 fully saturated rings. The predicted octanol–water partition coefficient (Wildman–Crippen LogP) is 0.923. The van der Waals surface area contributed by atoms with E-state index in [0.717, 1.165) is 5.69 Å². The minimum absolute atomic E-state index is 0.111.